The molecule has 1 saturated heterocycles. The van der Waals surface area contributed by atoms with Crippen LogP contribution in [0, 0.1) is 5.92 Å². The smallest absolute Gasteiger partial charge is 0.741 e. The Morgan fingerprint density at radius 1 is 1.10 bits per heavy atom. The van der Waals surface area contributed by atoms with Gasteiger partial charge in [0.15, 0.2) is 0 Å². The number of hydrogen-bond acceptors (Lipinski definition) is 7. The summed E-state index contributed by atoms with van der Waals surface area (Å²) >= 11 is 9.87. The van der Waals surface area contributed by atoms with Crippen LogP contribution in [0.25, 0.3) is 0 Å². The van der Waals surface area contributed by atoms with Crippen LogP contribution in [-0.2, 0) is 47.1 Å². The van der Waals surface area contributed by atoms with Crippen LogP contribution in [0.4, 0.5) is 0 Å². The predicted molar refractivity (Wildman–Crippen MR) is 87.2 cm³/mol. The summed E-state index contributed by atoms with van der Waals surface area (Å²) in [4.78, 5) is 7.63. The van der Waals surface area contributed by atoms with E-state index in [-0.39, 0.29) is 23.0 Å². The number of rotatable bonds is 4. The van der Waals surface area contributed by atoms with Gasteiger partial charge in [-0.25, -0.2) is 0 Å². The Balaban J connectivity index is 0.00000400. The number of aliphatic imine (C=N–C) groups is 2. The summed E-state index contributed by atoms with van der Waals surface area (Å²) in [5.74, 6) is 0.180. The first kappa shape index (κ1) is 20.2. The quantitative estimate of drug-likeness (QED) is 0.237. The molecule has 1 rings (SSSR count). The van der Waals surface area contributed by atoms with E-state index in [1.807, 2.05) is 6.92 Å². The van der Waals surface area contributed by atoms with Gasteiger partial charge in [-0.15, -0.1) is 0 Å². The number of nitrogens with zero attached hydrogens (tertiary/aromatic N) is 4. The van der Waals surface area contributed by atoms with Gasteiger partial charge in [0.05, 0.1) is 18.0 Å². The molecule has 0 aromatic carbocycles. The van der Waals surface area contributed by atoms with Crippen LogP contribution >= 0.6 is 0 Å². The summed E-state index contributed by atoms with van der Waals surface area (Å²) in [6.45, 7) is 3.18. The van der Waals surface area contributed by atoms with Crippen molar-refractivity contribution in [1.82, 2.24) is 10.9 Å². The van der Waals surface area contributed by atoms with Crippen LogP contribution in [0.5, 0.6) is 0 Å². The number of hydrazone groups is 2. The second kappa shape index (κ2) is 10.9. The molecule has 1 unspecified atom stereocenters. The minimum atomic E-state index is 0. The number of nitrogens with one attached hydrogen (secondary N) is 2. The molecule has 7 nitrogen and oxygen atoms in total. The molecular weight excluding hydrogens is 360 g/mol. The molecule has 1 radical (unpaired) electrons. The van der Waals surface area contributed by atoms with Gasteiger partial charge in [-0.05, 0) is 23.7 Å². The maximum absolute atomic E-state index is 5.38. The van der Waals surface area contributed by atoms with Gasteiger partial charge in [0.1, 0.15) is 0 Å². The fraction of sp³-hybridized carbons (Fsp3) is 0.636. The largest absolute Gasteiger partial charge is 2.00 e. The van der Waals surface area contributed by atoms with Crippen molar-refractivity contribution < 1.29 is 21.8 Å². The SMILES string of the molecule is CN=C([S-])N/N=C(C)/C(=N/NC([S-])=NC)C1CCOC1.[Cu+2]. The molecular formula is C11H18CuN6OS2. The minimum absolute atomic E-state index is 0. The normalized spacial score (nSPS) is 21.0. The molecule has 1 aliphatic rings. The van der Waals surface area contributed by atoms with Crippen molar-refractivity contribution in [3.8, 4) is 0 Å². The summed E-state index contributed by atoms with van der Waals surface area (Å²) in [7, 11) is 3.20. The molecule has 2 N–H and O–H groups in total. The van der Waals surface area contributed by atoms with Gasteiger partial charge in [0.25, 0.3) is 0 Å². The predicted octanol–water partition coefficient (Wildman–Crippen LogP) is -0.00310. The van der Waals surface area contributed by atoms with Crippen molar-refractivity contribution in [1.29, 1.82) is 0 Å². The molecule has 1 atom stereocenters. The summed E-state index contributed by atoms with van der Waals surface area (Å²) in [6.07, 6.45) is 0.895. The van der Waals surface area contributed by atoms with Crippen molar-refractivity contribution in [2.75, 3.05) is 27.3 Å². The molecule has 0 aromatic rings. The third-order valence-corrected chi connectivity index (χ3v) is 3.23. The van der Waals surface area contributed by atoms with Gasteiger partial charge in [0, 0.05) is 26.6 Å². The molecule has 0 bridgehead atoms. The average molecular weight is 378 g/mol. The molecule has 0 spiro atoms. The zero-order valence-electron chi connectivity index (χ0n) is 12.0. The van der Waals surface area contributed by atoms with E-state index in [0.717, 1.165) is 18.7 Å². The van der Waals surface area contributed by atoms with Gasteiger partial charge < -0.3 is 30.0 Å². The Kier molecular flexibility index (Phi) is 10.4. The second-order valence-electron chi connectivity index (χ2n) is 4.04. The Hall–Kier alpha value is -0.801. The first-order valence-corrected chi connectivity index (χ1v) is 6.89. The maximum Gasteiger partial charge on any atom is 2.00 e. The number of hydrogen-bond donors (Lipinski definition) is 2. The molecule has 10 heteroatoms. The second-order valence-corrected chi connectivity index (χ2v) is 4.81. The van der Waals surface area contributed by atoms with E-state index in [9.17, 15) is 0 Å². The van der Waals surface area contributed by atoms with E-state index in [4.69, 9.17) is 30.0 Å². The van der Waals surface area contributed by atoms with Gasteiger partial charge in [-0.2, -0.15) is 10.2 Å². The van der Waals surface area contributed by atoms with Gasteiger partial charge in [-0.1, -0.05) is 0 Å². The van der Waals surface area contributed by atoms with Crippen LogP contribution in [0.1, 0.15) is 13.3 Å². The van der Waals surface area contributed by atoms with Gasteiger partial charge in [-0.3, -0.25) is 20.8 Å². The fourth-order valence-corrected chi connectivity index (χ4v) is 1.71. The van der Waals surface area contributed by atoms with Crippen molar-refractivity contribution in [3.63, 3.8) is 0 Å². The zero-order chi connectivity index (χ0) is 15.0. The molecule has 0 saturated carbocycles. The summed E-state index contributed by atoms with van der Waals surface area (Å²) in [6, 6.07) is 0. The summed E-state index contributed by atoms with van der Waals surface area (Å²) in [5.41, 5.74) is 6.89. The van der Waals surface area contributed by atoms with Crippen molar-refractivity contribution in [3.05, 3.63) is 0 Å². The Morgan fingerprint density at radius 3 is 2.14 bits per heavy atom. The Labute approximate surface area is 146 Å². The van der Waals surface area contributed by atoms with Crippen LogP contribution in [-0.4, -0.2) is 49.1 Å². The molecule has 1 aliphatic heterocycles. The summed E-state index contributed by atoms with van der Waals surface area (Å²) < 4.78 is 5.38. The standard InChI is InChI=1S/C11H20N6OS2.Cu/c1-7(14-16-10(19)12-2)9(8-4-5-18-6-8)15-17-11(20)13-3;/h8H,4-6H2,1-3H3,(H2,12,16,19)(H2,13,17,20);/q;+2/p-2/b14-7+,15-9-;. The van der Waals surface area contributed by atoms with E-state index in [2.05, 4.69) is 31.0 Å². The molecule has 1 heterocycles. The monoisotopic (exact) mass is 377 g/mol. The number of amidine groups is 2. The fourth-order valence-electron chi connectivity index (χ4n) is 1.61. The van der Waals surface area contributed by atoms with E-state index < -0.39 is 0 Å². The van der Waals surface area contributed by atoms with E-state index in [0.29, 0.717) is 22.7 Å². The molecule has 21 heavy (non-hydrogen) atoms. The average Bonchev–Trinajstić information content (AvgIpc) is 2.98. The summed E-state index contributed by atoms with van der Waals surface area (Å²) in [5, 5.41) is 9.10. The maximum atomic E-state index is 5.38. The molecule has 121 valence electrons. The Bertz CT molecular complexity index is 446. The first-order valence-electron chi connectivity index (χ1n) is 6.08. The van der Waals surface area contributed by atoms with Crippen LogP contribution in [0.2, 0.25) is 0 Å². The third kappa shape index (κ3) is 7.14. The van der Waals surface area contributed by atoms with Crippen molar-refractivity contribution in [2.24, 2.45) is 26.1 Å². The van der Waals surface area contributed by atoms with Gasteiger partial charge in [0.2, 0.25) is 0 Å². The first-order chi connectivity index (χ1) is 9.58. The van der Waals surface area contributed by atoms with Crippen LogP contribution in [0.3, 0.4) is 0 Å². The van der Waals surface area contributed by atoms with E-state index >= 15 is 0 Å². The third-order valence-electron chi connectivity index (χ3n) is 2.68. The topological polar surface area (TPSA) is 82.7 Å². The van der Waals surface area contributed by atoms with Crippen LogP contribution < -0.4 is 10.9 Å². The van der Waals surface area contributed by atoms with Gasteiger partial charge >= 0.3 is 17.1 Å². The molecule has 0 aromatic heterocycles. The molecule has 1 fully saturated rings. The van der Waals surface area contributed by atoms with Crippen LogP contribution in [0.15, 0.2) is 20.2 Å². The van der Waals surface area contributed by atoms with Crippen molar-refractivity contribution >= 4 is 47.0 Å². The molecule has 0 amide bonds. The number of ether oxygens (including phenoxy) is 1. The van der Waals surface area contributed by atoms with E-state index in [1.165, 1.54) is 0 Å². The minimum Gasteiger partial charge on any atom is -0.741 e. The Morgan fingerprint density at radius 2 is 1.67 bits per heavy atom. The zero-order valence-corrected chi connectivity index (χ0v) is 14.6. The van der Waals surface area contributed by atoms with E-state index in [1.54, 1.807) is 14.1 Å². The van der Waals surface area contributed by atoms with Crippen molar-refractivity contribution in [2.45, 2.75) is 13.3 Å². The molecule has 0 aliphatic carbocycles.